The highest BCUT2D eigenvalue weighted by molar-refractivity contribution is 6.48. The summed E-state index contributed by atoms with van der Waals surface area (Å²) in [5.74, 6) is -2.66. The standard InChI is InChI=1S/C21H24ClFN4O3/c1-4-12(3)25-21(30)18(28)17-16(22)15(14-7-5-6-8-27(14)17)20(29)26-13-9-11(2)19(23)24-10-13/h9-10,12H,4-8H2,1-3H3,(H,25,30)(H,26,29)/t12-/m0/s1. The van der Waals surface area contributed by atoms with Crippen molar-refractivity contribution in [3.05, 3.63) is 45.7 Å². The molecule has 9 heteroatoms. The molecule has 0 unspecified atom stereocenters. The number of carbonyl (C=O) groups is 3. The van der Waals surface area contributed by atoms with Crippen LogP contribution in [-0.4, -0.2) is 33.2 Å². The highest BCUT2D eigenvalue weighted by atomic mass is 35.5. The van der Waals surface area contributed by atoms with Crippen LogP contribution in [0.1, 0.15) is 65.2 Å². The number of nitrogens with zero attached hydrogens (tertiary/aromatic N) is 2. The first kappa shape index (κ1) is 22.0. The average Bonchev–Trinajstić information content (AvgIpc) is 3.01. The van der Waals surface area contributed by atoms with Gasteiger partial charge in [-0.3, -0.25) is 14.4 Å². The van der Waals surface area contributed by atoms with Gasteiger partial charge in [0.2, 0.25) is 5.95 Å². The number of aryl methyl sites for hydroxylation is 1. The van der Waals surface area contributed by atoms with E-state index in [-0.39, 0.29) is 27.9 Å². The third-order valence-corrected chi connectivity index (χ3v) is 5.64. The zero-order valence-electron chi connectivity index (χ0n) is 17.1. The number of hydrogen-bond acceptors (Lipinski definition) is 4. The maximum absolute atomic E-state index is 13.4. The van der Waals surface area contributed by atoms with Crippen LogP contribution in [0, 0.1) is 12.9 Å². The highest BCUT2D eigenvalue weighted by Gasteiger charge is 2.33. The van der Waals surface area contributed by atoms with Gasteiger partial charge in [-0.25, -0.2) is 4.98 Å². The van der Waals surface area contributed by atoms with E-state index < -0.39 is 23.5 Å². The number of anilines is 1. The maximum Gasteiger partial charge on any atom is 0.294 e. The van der Waals surface area contributed by atoms with E-state index in [4.69, 9.17) is 11.6 Å². The lowest BCUT2D eigenvalue weighted by atomic mass is 10.1. The van der Waals surface area contributed by atoms with Crippen molar-refractivity contribution in [3.63, 3.8) is 0 Å². The number of carbonyl (C=O) groups excluding carboxylic acids is 3. The number of hydrogen-bond donors (Lipinski definition) is 2. The molecule has 2 aromatic heterocycles. The zero-order chi connectivity index (χ0) is 22.0. The molecule has 1 aliphatic rings. The number of Topliss-reactive ketones (excluding diaryl/α,β-unsaturated/α-hetero) is 1. The molecule has 3 heterocycles. The largest absolute Gasteiger partial charge is 0.347 e. The Balaban J connectivity index is 1.97. The van der Waals surface area contributed by atoms with Crippen LogP contribution in [0.15, 0.2) is 12.3 Å². The Bertz CT molecular complexity index is 1020. The van der Waals surface area contributed by atoms with Crippen LogP contribution in [0.25, 0.3) is 0 Å². The zero-order valence-corrected chi connectivity index (χ0v) is 17.9. The molecule has 3 rings (SSSR count). The summed E-state index contributed by atoms with van der Waals surface area (Å²) in [6.07, 6.45) is 4.10. The summed E-state index contributed by atoms with van der Waals surface area (Å²) in [7, 11) is 0. The predicted molar refractivity (Wildman–Crippen MR) is 111 cm³/mol. The van der Waals surface area contributed by atoms with Crippen LogP contribution >= 0.6 is 11.6 Å². The summed E-state index contributed by atoms with van der Waals surface area (Å²) in [6, 6.07) is 1.30. The van der Waals surface area contributed by atoms with Crippen LogP contribution in [-0.2, 0) is 17.8 Å². The summed E-state index contributed by atoms with van der Waals surface area (Å²) < 4.78 is 15.1. The normalized spacial score (nSPS) is 14.0. The quantitative estimate of drug-likeness (QED) is 0.412. The molecular formula is C21H24ClFN4O3. The number of halogens is 2. The Morgan fingerprint density at radius 3 is 2.73 bits per heavy atom. The van der Waals surface area contributed by atoms with E-state index in [1.165, 1.54) is 19.2 Å². The van der Waals surface area contributed by atoms with Gasteiger partial charge in [0.15, 0.2) is 0 Å². The van der Waals surface area contributed by atoms with Crippen molar-refractivity contribution in [1.82, 2.24) is 14.9 Å². The molecule has 160 valence electrons. The molecule has 30 heavy (non-hydrogen) atoms. The fourth-order valence-corrected chi connectivity index (χ4v) is 3.86. The molecule has 1 aliphatic heterocycles. The van der Waals surface area contributed by atoms with Gasteiger partial charge in [0.25, 0.3) is 17.6 Å². The second-order valence-electron chi connectivity index (χ2n) is 7.49. The van der Waals surface area contributed by atoms with Crippen molar-refractivity contribution in [1.29, 1.82) is 0 Å². The van der Waals surface area contributed by atoms with Crippen molar-refractivity contribution < 1.29 is 18.8 Å². The molecular weight excluding hydrogens is 411 g/mol. The maximum atomic E-state index is 13.4. The van der Waals surface area contributed by atoms with E-state index >= 15 is 0 Å². The molecule has 7 nitrogen and oxygen atoms in total. The van der Waals surface area contributed by atoms with E-state index in [9.17, 15) is 18.8 Å². The predicted octanol–water partition coefficient (Wildman–Crippen LogP) is 3.67. The Morgan fingerprint density at radius 1 is 1.33 bits per heavy atom. The third kappa shape index (κ3) is 4.23. The Hall–Kier alpha value is -2.74. The molecule has 0 saturated carbocycles. The minimum atomic E-state index is -0.762. The Morgan fingerprint density at radius 2 is 2.07 bits per heavy atom. The molecule has 0 aliphatic carbocycles. The third-order valence-electron chi connectivity index (χ3n) is 5.27. The van der Waals surface area contributed by atoms with E-state index in [0.717, 1.165) is 12.8 Å². The molecule has 0 radical (unpaired) electrons. The summed E-state index contributed by atoms with van der Waals surface area (Å²) in [5.41, 5.74) is 1.42. The smallest absolute Gasteiger partial charge is 0.294 e. The van der Waals surface area contributed by atoms with Gasteiger partial charge in [0.1, 0.15) is 5.69 Å². The van der Waals surface area contributed by atoms with Gasteiger partial charge in [-0.15, -0.1) is 0 Å². The first-order valence-corrected chi connectivity index (χ1v) is 10.3. The van der Waals surface area contributed by atoms with Crippen molar-refractivity contribution >= 4 is 34.9 Å². The first-order valence-electron chi connectivity index (χ1n) is 9.94. The molecule has 0 saturated heterocycles. The van der Waals surface area contributed by atoms with Crippen LogP contribution in [0.5, 0.6) is 0 Å². The number of aromatic nitrogens is 2. The fraction of sp³-hybridized carbons (Fsp3) is 0.429. The van der Waals surface area contributed by atoms with Crippen molar-refractivity contribution in [3.8, 4) is 0 Å². The van der Waals surface area contributed by atoms with Gasteiger partial charge in [-0.05, 0) is 45.6 Å². The van der Waals surface area contributed by atoms with E-state index in [1.807, 2.05) is 6.92 Å². The number of ketones is 1. The van der Waals surface area contributed by atoms with Crippen molar-refractivity contribution in [2.24, 2.45) is 0 Å². The van der Waals surface area contributed by atoms with Crippen LogP contribution < -0.4 is 10.6 Å². The number of rotatable bonds is 6. The molecule has 0 fully saturated rings. The SMILES string of the molecule is CC[C@H](C)NC(=O)C(=O)c1c(Cl)c(C(=O)Nc2cnc(F)c(C)c2)c2n1CCCC2. The highest BCUT2D eigenvalue weighted by Crippen LogP contribution is 2.33. The lowest BCUT2D eigenvalue weighted by Crippen LogP contribution is -2.38. The van der Waals surface area contributed by atoms with E-state index in [0.29, 0.717) is 30.8 Å². The van der Waals surface area contributed by atoms with Gasteiger partial charge in [0, 0.05) is 23.8 Å². The lowest BCUT2D eigenvalue weighted by Gasteiger charge is -2.18. The Kier molecular flexibility index (Phi) is 6.55. The minimum absolute atomic E-state index is 0.0331. The molecule has 0 aromatic carbocycles. The van der Waals surface area contributed by atoms with E-state index in [1.54, 1.807) is 11.5 Å². The fourth-order valence-electron chi connectivity index (χ4n) is 3.47. The van der Waals surface area contributed by atoms with Gasteiger partial charge >= 0.3 is 0 Å². The number of amides is 2. The summed E-state index contributed by atoms with van der Waals surface area (Å²) in [5, 5.41) is 5.27. The molecule has 2 N–H and O–H groups in total. The minimum Gasteiger partial charge on any atom is -0.347 e. The number of nitrogens with one attached hydrogen (secondary N) is 2. The van der Waals surface area contributed by atoms with Crippen LogP contribution in [0.3, 0.4) is 0 Å². The summed E-state index contributed by atoms with van der Waals surface area (Å²) in [6.45, 7) is 5.74. The Labute approximate surface area is 179 Å². The van der Waals surface area contributed by atoms with Crippen LogP contribution in [0.2, 0.25) is 5.02 Å². The van der Waals surface area contributed by atoms with Gasteiger partial charge in [-0.1, -0.05) is 18.5 Å². The van der Waals surface area contributed by atoms with Crippen molar-refractivity contribution in [2.45, 2.75) is 59.0 Å². The lowest BCUT2D eigenvalue weighted by molar-refractivity contribution is -0.117. The second kappa shape index (κ2) is 8.95. The first-order chi connectivity index (χ1) is 14.2. The molecule has 2 aromatic rings. The van der Waals surface area contributed by atoms with Gasteiger partial charge in [-0.2, -0.15) is 4.39 Å². The summed E-state index contributed by atoms with van der Waals surface area (Å²) >= 11 is 6.49. The molecule has 2 amide bonds. The monoisotopic (exact) mass is 434 g/mol. The number of fused-ring (bicyclic) bond motifs is 1. The molecule has 0 bridgehead atoms. The molecule has 1 atom stereocenters. The topological polar surface area (TPSA) is 93.1 Å². The molecule has 0 spiro atoms. The van der Waals surface area contributed by atoms with Crippen molar-refractivity contribution in [2.75, 3.05) is 5.32 Å². The summed E-state index contributed by atoms with van der Waals surface area (Å²) in [4.78, 5) is 41.9. The van der Waals surface area contributed by atoms with Gasteiger partial charge in [0.05, 0.1) is 22.5 Å². The van der Waals surface area contributed by atoms with Crippen LogP contribution in [0.4, 0.5) is 10.1 Å². The number of pyridine rings is 1. The second-order valence-corrected chi connectivity index (χ2v) is 7.87. The average molecular weight is 435 g/mol. The van der Waals surface area contributed by atoms with E-state index in [2.05, 4.69) is 15.6 Å². The van der Waals surface area contributed by atoms with Gasteiger partial charge < -0.3 is 15.2 Å².